The molecule has 0 rings (SSSR count). The molecule has 1 amide bonds. The van der Waals surface area contributed by atoms with Crippen molar-refractivity contribution in [2.24, 2.45) is 0 Å². The van der Waals surface area contributed by atoms with E-state index >= 15 is 0 Å². The Hall–Kier alpha value is -1.40. The molecular weight excluding hydrogens is 1080 g/mol. The Morgan fingerprint density at radius 1 is 0.307 bits per heavy atom. The second-order valence-corrected chi connectivity index (χ2v) is 28.5. The van der Waals surface area contributed by atoms with Gasteiger partial charge in [-0.05, 0) is 51.4 Å². The monoisotopic (exact) mass is 1240 g/mol. The highest BCUT2D eigenvalue weighted by Crippen LogP contribution is 2.21. The van der Waals surface area contributed by atoms with Crippen molar-refractivity contribution in [2.75, 3.05) is 13.2 Å². The molecular formula is C82H161NO5. The largest absolute Gasteiger partial charge is 0.466 e. The minimum Gasteiger partial charge on any atom is -0.466 e. The Morgan fingerprint density at radius 3 is 0.807 bits per heavy atom. The van der Waals surface area contributed by atoms with Crippen LogP contribution in [-0.2, 0) is 14.3 Å². The summed E-state index contributed by atoms with van der Waals surface area (Å²) in [5, 5.41) is 23.5. The molecule has 0 aromatic rings. The number of amides is 1. The van der Waals surface area contributed by atoms with Crippen LogP contribution in [0.15, 0.2) is 12.2 Å². The van der Waals surface area contributed by atoms with Crippen molar-refractivity contribution in [2.45, 2.75) is 488 Å². The van der Waals surface area contributed by atoms with E-state index in [0.29, 0.717) is 25.9 Å². The summed E-state index contributed by atoms with van der Waals surface area (Å²) < 4.78 is 5.52. The van der Waals surface area contributed by atoms with Crippen LogP contribution in [0.25, 0.3) is 0 Å². The van der Waals surface area contributed by atoms with E-state index in [4.69, 9.17) is 4.74 Å². The summed E-state index contributed by atoms with van der Waals surface area (Å²) in [6.07, 6.45) is 98.8. The van der Waals surface area contributed by atoms with E-state index in [9.17, 15) is 19.8 Å². The zero-order chi connectivity index (χ0) is 63.5. The predicted molar refractivity (Wildman–Crippen MR) is 389 cm³/mol. The van der Waals surface area contributed by atoms with Crippen LogP contribution in [0.3, 0.4) is 0 Å². The van der Waals surface area contributed by atoms with Gasteiger partial charge in [0.15, 0.2) is 0 Å². The fraction of sp³-hybridized carbons (Fsp3) is 0.951. The van der Waals surface area contributed by atoms with Crippen LogP contribution in [0.1, 0.15) is 476 Å². The molecule has 0 heterocycles. The number of rotatable bonds is 78. The summed E-state index contributed by atoms with van der Waals surface area (Å²) in [6.45, 7) is 5.01. The average Bonchev–Trinajstić information content (AvgIpc) is 3.58. The number of esters is 1. The molecule has 6 heteroatoms. The highest BCUT2D eigenvalue weighted by atomic mass is 16.5. The van der Waals surface area contributed by atoms with E-state index in [2.05, 4.69) is 31.3 Å². The second-order valence-electron chi connectivity index (χ2n) is 28.5. The van der Waals surface area contributed by atoms with Crippen molar-refractivity contribution in [3.05, 3.63) is 12.2 Å². The first kappa shape index (κ1) is 86.6. The maximum absolute atomic E-state index is 12.6. The summed E-state index contributed by atoms with van der Waals surface area (Å²) in [5.74, 6) is -0.00459. The molecule has 524 valence electrons. The number of carbonyl (C=O) groups is 2. The van der Waals surface area contributed by atoms with Crippen LogP contribution in [0.5, 0.6) is 0 Å². The number of aliphatic hydroxyl groups is 2. The molecule has 0 aliphatic carbocycles. The molecule has 3 N–H and O–H groups in total. The van der Waals surface area contributed by atoms with Gasteiger partial charge < -0.3 is 20.3 Å². The van der Waals surface area contributed by atoms with Crippen LogP contribution in [0, 0.1) is 0 Å². The summed E-state index contributed by atoms with van der Waals surface area (Å²) in [4.78, 5) is 24.7. The Balaban J connectivity index is 3.33. The first-order valence-corrected chi connectivity index (χ1v) is 40.9. The van der Waals surface area contributed by atoms with Gasteiger partial charge in [0.1, 0.15) is 0 Å². The van der Waals surface area contributed by atoms with Crippen LogP contribution in [-0.4, -0.2) is 47.4 Å². The minimum atomic E-state index is -0.663. The number of aliphatic hydroxyl groups excluding tert-OH is 2. The lowest BCUT2D eigenvalue weighted by molar-refractivity contribution is -0.143. The minimum absolute atomic E-state index is 0.0206. The first-order chi connectivity index (χ1) is 43.5. The zero-order valence-electron chi connectivity index (χ0n) is 60.3. The fourth-order valence-corrected chi connectivity index (χ4v) is 13.3. The Kier molecular flexibility index (Phi) is 76.8. The molecule has 0 aromatic heterocycles. The standard InChI is InChI=1S/C82H161NO5/c1-3-5-7-9-11-13-15-17-19-21-23-24-32-35-39-42-46-50-54-58-62-66-70-74-80(85)79(78-84)83-81(86)75-71-67-63-59-55-51-47-43-40-36-33-30-28-26-25-27-29-31-34-37-41-45-49-53-57-61-65-69-73-77-88-82(87)76-72-68-64-60-56-52-48-44-38-22-20-18-16-14-12-10-8-6-4-2/h18,20,79-80,84-85H,3-17,19,21-78H2,1-2H3,(H,83,86)/b20-18-. The van der Waals surface area contributed by atoms with Crippen LogP contribution < -0.4 is 5.32 Å². The second kappa shape index (κ2) is 78.0. The Morgan fingerprint density at radius 2 is 0.534 bits per heavy atom. The molecule has 0 fully saturated rings. The van der Waals surface area contributed by atoms with Crippen LogP contribution in [0.2, 0.25) is 0 Å². The van der Waals surface area contributed by atoms with Gasteiger partial charge in [0.2, 0.25) is 5.91 Å². The van der Waals surface area contributed by atoms with Crippen molar-refractivity contribution in [1.82, 2.24) is 5.32 Å². The lowest BCUT2D eigenvalue weighted by Crippen LogP contribution is -2.45. The van der Waals surface area contributed by atoms with Gasteiger partial charge in [-0.2, -0.15) is 0 Å². The Labute approximate surface area is 552 Å². The lowest BCUT2D eigenvalue weighted by atomic mass is 10.0. The number of carbonyl (C=O) groups excluding carboxylic acids is 2. The Bertz CT molecular complexity index is 1340. The van der Waals surface area contributed by atoms with Gasteiger partial charge in [0.25, 0.3) is 0 Å². The molecule has 2 atom stereocenters. The van der Waals surface area contributed by atoms with Gasteiger partial charge in [0.05, 0.1) is 25.4 Å². The topological polar surface area (TPSA) is 95.9 Å². The number of allylic oxidation sites excluding steroid dienone is 2. The molecule has 6 nitrogen and oxygen atoms in total. The molecule has 88 heavy (non-hydrogen) atoms. The van der Waals surface area contributed by atoms with E-state index in [1.807, 2.05) is 0 Å². The number of ether oxygens (including phenoxy) is 1. The van der Waals surface area contributed by atoms with E-state index in [0.717, 1.165) is 38.5 Å². The zero-order valence-corrected chi connectivity index (χ0v) is 60.3. The van der Waals surface area contributed by atoms with E-state index < -0.39 is 12.1 Å². The van der Waals surface area contributed by atoms with E-state index in [1.165, 1.54) is 405 Å². The molecule has 0 spiro atoms. The van der Waals surface area contributed by atoms with Crippen molar-refractivity contribution in [1.29, 1.82) is 0 Å². The molecule has 0 radical (unpaired) electrons. The van der Waals surface area contributed by atoms with Crippen LogP contribution >= 0.6 is 0 Å². The smallest absolute Gasteiger partial charge is 0.305 e. The van der Waals surface area contributed by atoms with Gasteiger partial charge in [-0.15, -0.1) is 0 Å². The quantitative estimate of drug-likeness (QED) is 0.0320. The number of hydrogen-bond acceptors (Lipinski definition) is 5. The molecule has 0 bridgehead atoms. The van der Waals surface area contributed by atoms with E-state index in [-0.39, 0.29) is 18.5 Å². The molecule has 0 saturated heterocycles. The molecule has 0 aliphatic heterocycles. The van der Waals surface area contributed by atoms with Gasteiger partial charge in [-0.1, -0.05) is 424 Å². The maximum atomic E-state index is 12.6. The summed E-state index contributed by atoms with van der Waals surface area (Å²) in [5.41, 5.74) is 0. The number of hydrogen-bond donors (Lipinski definition) is 3. The number of unbranched alkanes of at least 4 members (excludes halogenated alkanes) is 65. The maximum Gasteiger partial charge on any atom is 0.305 e. The van der Waals surface area contributed by atoms with Gasteiger partial charge in [-0.25, -0.2) is 0 Å². The third-order valence-electron chi connectivity index (χ3n) is 19.6. The van der Waals surface area contributed by atoms with Gasteiger partial charge in [-0.3, -0.25) is 9.59 Å². The van der Waals surface area contributed by atoms with Crippen molar-refractivity contribution < 1.29 is 24.5 Å². The van der Waals surface area contributed by atoms with Crippen LogP contribution in [0.4, 0.5) is 0 Å². The summed E-state index contributed by atoms with van der Waals surface area (Å²) in [7, 11) is 0. The predicted octanol–water partition coefficient (Wildman–Crippen LogP) is 27.1. The van der Waals surface area contributed by atoms with Gasteiger partial charge in [0, 0.05) is 12.8 Å². The normalized spacial score (nSPS) is 12.5. The van der Waals surface area contributed by atoms with Crippen molar-refractivity contribution in [3.63, 3.8) is 0 Å². The SMILES string of the molecule is CCCCCCCC/C=C\CCCCCCCCCCCC(=O)OCCCCCCCCCCCCCCCCCCCCCCCCCCCCCCCC(=O)NC(CO)C(O)CCCCCCCCCCCCCCCCCCCCCCCCC. The highest BCUT2D eigenvalue weighted by Gasteiger charge is 2.20. The fourth-order valence-electron chi connectivity index (χ4n) is 13.3. The van der Waals surface area contributed by atoms with Gasteiger partial charge >= 0.3 is 5.97 Å². The first-order valence-electron chi connectivity index (χ1n) is 40.9. The highest BCUT2D eigenvalue weighted by molar-refractivity contribution is 5.76. The number of nitrogens with one attached hydrogen (secondary N) is 1. The van der Waals surface area contributed by atoms with Crippen molar-refractivity contribution >= 4 is 11.9 Å². The molecule has 0 aliphatic rings. The summed E-state index contributed by atoms with van der Waals surface area (Å²) in [6, 6.07) is -0.540. The average molecular weight is 1240 g/mol. The summed E-state index contributed by atoms with van der Waals surface area (Å²) >= 11 is 0. The molecule has 0 aromatic carbocycles. The third-order valence-corrected chi connectivity index (χ3v) is 19.6. The van der Waals surface area contributed by atoms with Crippen molar-refractivity contribution in [3.8, 4) is 0 Å². The van der Waals surface area contributed by atoms with E-state index in [1.54, 1.807) is 0 Å². The third kappa shape index (κ3) is 73.6. The molecule has 0 saturated carbocycles. The lowest BCUT2D eigenvalue weighted by Gasteiger charge is -2.22. The molecule has 2 unspecified atom stereocenters.